The second-order valence-electron chi connectivity index (χ2n) is 8.28. The van der Waals surface area contributed by atoms with Crippen LogP contribution in [0, 0.1) is 0 Å². The Hall–Kier alpha value is -1.30. The lowest BCUT2D eigenvalue weighted by molar-refractivity contribution is 0.258. The average molecular weight is 406 g/mol. The predicted molar refractivity (Wildman–Crippen MR) is 121 cm³/mol. The van der Waals surface area contributed by atoms with Crippen LogP contribution in [0.25, 0.3) is 0 Å². The lowest BCUT2D eigenvalue weighted by Crippen LogP contribution is -2.28. The van der Waals surface area contributed by atoms with E-state index in [0.29, 0.717) is 13.2 Å². The standard InChI is InChI=1S/C24H43N3O2/c1-3-5-7-9-11-13-15-28-21-17-19-20(24(26)27-23(19)25)18-22(21)29-16-14-12-10-8-6-4-2/h17-18,23-24,27H,3-16,25-26H2,1-2H3. The van der Waals surface area contributed by atoms with Crippen molar-refractivity contribution in [1.29, 1.82) is 0 Å². The molecule has 5 heteroatoms. The maximum Gasteiger partial charge on any atom is 0.161 e. The number of hydrogen-bond donors (Lipinski definition) is 3. The molecule has 0 saturated carbocycles. The van der Waals surface area contributed by atoms with Crippen molar-refractivity contribution in [3.05, 3.63) is 23.3 Å². The monoisotopic (exact) mass is 405 g/mol. The maximum absolute atomic E-state index is 6.17. The molecule has 0 saturated heterocycles. The molecule has 1 aliphatic heterocycles. The Morgan fingerprint density at radius 2 is 1.03 bits per heavy atom. The van der Waals surface area contributed by atoms with Crippen LogP contribution < -0.4 is 26.3 Å². The number of hydrogen-bond acceptors (Lipinski definition) is 5. The van der Waals surface area contributed by atoms with Crippen LogP contribution in [0.15, 0.2) is 12.1 Å². The normalized spacial score (nSPS) is 18.1. The first kappa shape index (κ1) is 24.0. The highest BCUT2D eigenvalue weighted by molar-refractivity contribution is 5.51. The second-order valence-corrected chi connectivity index (χ2v) is 8.28. The van der Waals surface area contributed by atoms with Gasteiger partial charge in [0.15, 0.2) is 11.5 Å². The summed E-state index contributed by atoms with van der Waals surface area (Å²) < 4.78 is 12.2. The molecule has 29 heavy (non-hydrogen) atoms. The van der Waals surface area contributed by atoms with Gasteiger partial charge in [-0.2, -0.15) is 0 Å². The highest BCUT2D eigenvalue weighted by Crippen LogP contribution is 2.38. The zero-order valence-electron chi connectivity index (χ0n) is 18.7. The van der Waals surface area contributed by atoms with Gasteiger partial charge in [-0.3, -0.25) is 5.32 Å². The van der Waals surface area contributed by atoms with Gasteiger partial charge in [0.1, 0.15) is 0 Å². The van der Waals surface area contributed by atoms with E-state index in [4.69, 9.17) is 20.9 Å². The third-order valence-electron chi connectivity index (χ3n) is 5.69. The third kappa shape index (κ3) is 8.15. The molecule has 1 aromatic rings. The van der Waals surface area contributed by atoms with Crippen LogP contribution in [0.4, 0.5) is 0 Å². The molecule has 2 unspecified atom stereocenters. The molecule has 0 aromatic heterocycles. The Kier molecular flexibility index (Phi) is 11.4. The number of rotatable bonds is 16. The molecule has 0 bridgehead atoms. The zero-order chi connectivity index (χ0) is 20.9. The summed E-state index contributed by atoms with van der Waals surface area (Å²) >= 11 is 0. The van der Waals surface area contributed by atoms with E-state index in [-0.39, 0.29) is 12.3 Å². The first-order valence-electron chi connectivity index (χ1n) is 11.9. The van der Waals surface area contributed by atoms with Crippen molar-refractivity contribution in [3.63, 3.8) is 0 Å². The Labute approximate surface area is 177 Å². The molecule has 5 nitrogen and oxygen atoms in total. The van der Waals surface area contributed by atoms with Gasteiger partial charge >= 0.3 is 0 Å². The molecule has 0 aliphatic carbocycles. The molecule has 0 fully saturated rings. The zero-order valence-corrected chi connectivity index (χ0v) is 18.7. The van der Waals surface area contributed by atoms with Gasteiger partial charge in [-0.1, -0.05) is 78.1 Å². The van der Waals surface area contributed by atoms with Crippen molar-refractivity contribution in [2.45, 2.75) is 103 Å². The fourth-order valence-corrected chi connectivity index (χ4v) is 3.86. The quantitative estimate of drug-likeness (QED) is 0.308. The van der Waals surface area contributed by atoms with Gasteiger partial charge in [-0.05, 0) is 36.1 Å². The van der Waals surface area contributed by atoms with E-state index in [9.17, 15) is 0 Å². The number of nitrogens with one attached hydrogen (secondary N) is 1. The number of unbranched alkanes of at least 4 members (excludes halogenated alkanes) is 10. The molecule has 2 atom stereocenters. The Morgan fingerprint density at radius 1 is 0.655 bits per heavy atom. The first-order chi connectivity index (χ1) is 14.2. The maximum atomic E-state index is 6.17. The van der Waals surface area contributed by atoms with E-state index < -0.39 is 0 Å². The van der Waals surface area contributed by atoms with E-state index in [1.165, 1.54) is 64.2 Å². The van der Waals surface area contributed by atoms with Gasteiger partial charge in [0.05, 0.1) is 25.5 Å². The van der Waals surface area contributed by atoms with Gasteiger partial charge in [0.2, 0.25) is 0 Å². The summed E-state index contributed by atoms with van der Waals surface area (Å²) in [6, 6.07) is 4.04. The van der Waals surface area contributed by atoms with Crippen LogP contribution in [-0.4, -0.2) is 13.2 Å². The largest absolute Gasteiger partial charge is 0.490 e. The second kappa shape index (κ2) is 13.8. The highest BCUT2D eigenvalue weighted by atomic mass is 16.5. The predicted octanol–water partition coefficient (Wildman–Crippen LogP) is 5.68. The van der Waals surface area contributed by atoms with Gasteiger partial charge in [0.25, 0.3) is 0 Å². The van der Waals surface area contributed by atoms with Crippen LogP contribution in [0.2, 0.25) is 0 Å². The molecule has 0 amide bonds. The molecule has 1 aromatic carbocycles. The molecule has 1 heterocycles. The fourth-order valence-electron chi connectivity index (χ4n) is 3.86. The summed E-state index contributed by atoms with van der Waals surface area (Å²) in [5.41, 5.74) is 14.4. The first-order valence-corrected chi connectivity index (χ1v) is 11.9. The molecule has 0 radical (unpaired) electrons. The fraction of sp³-hybridized carbons (Fsp3) is 0.750. The van der Waals surface area contributed by atoms with Crippen molar-refractivity contribution < 1.29 is 9.47 Å². The molecule has 5 N–H and O–H groups in total. The Morgan fingerprint density at radius 3 is 1.45 bits per heavy atom. The van der Waals surface area contributed by atoms with Crippen LogP contribution in [0.3, 0.4) is 0 Å². The SMILES string of the molecule is CCCCCCCCOc1cc2c(cc1OCCCCCCCC)C(N)NC2N. The lowest BCUT2D eigenvalue weighted by atomic mass is 10.1. The van der Waals surface area contributed by atoms with Gasteiger partial charge < -0.3 is 20.9 Å². The number of fused-ring (bicyclic) bond motifs is 1. The smallest absolute Gasteiger partial charge is 0.161 e. The van der Waals surface area contributed by atoms with E-state index in [0.717, 1.165) is 35.5 Å². The molecule has 166 valence electrons. The van der Waals surface area contributed by atoms with Gasteiger partial charge in [-0.15, -0.1) is 0 Å². The summed E-state index contributed by atoms with van der Waals surface area (Å²) in [5.74, 6) is 1.60. The molecule has 2 rings (SSSR count). The van der Waals surface area contributed by atoms with E-state index in [1.54, 1.807) is 0 Å². The minimum Gasteiger partial charge on any atom is -0.490 e. The van der Waals surface area contributed by atoms with Crippen molar-refractivity contribution in [2.75, 3.05) is 13.2 Å². The third-order valence-corrected chi connectivity index (χ3v) is 5.69. The summed E-state index contributed by atoms with van der Waals surface area (Å²) in [4.78, 5) is 0. The summed E-state index contributed by atoms with van der Waals surface area (Å²) in [7, 11) is 0. The van der Waals surface area contributed by atoms with E-state index in [2.05, 4.69) is 19.2 Å². The summed E-state index contributed by atoms with van der Waals surface area (Å²) in [6.07, 6.45) is 14.5. The minimum atomic E-state index is -0.246. The summed E-state index contributed by atoms with van der Waals surface area (Å²) in [5, 5.41) is 3.17. The van der Waals surface area contributed by atoms with Crippen LogP contribution in [0.1, 0.15) is 114 Å². The van der Waals surface area contributed by atoms with Crippen LogP contribution in [-0.2, 0) is 0 Å². The topological polar surface area (TPSA) is 82.5 Å². The number of nitrogens with two attached hydrogens (primary N) is 2. The lowest BCUT2D eigenvalue weighted by Gasteiger charge is -2.16. The van der Waals surface area contributed by atoms with Gasteiger partial charge in [-0.25, -0.2) is 0 Å². The van der Waals surface area contributed by atoms with Gasteiger partial charge in [0, 0.05) is 0 Å². The van der Waals surface area contributed by atoms with Crippen molar-refractivity contribution in [1.82, 2.24) is 5.32 Å². The van der Waals surface area contributed by atoms with Crippen molar-refractivity contribution in [2.24, 2.45) is 11.5 Å². The molecular weight excluding hydrogens is 362 g/mol. The Bertz CT molecular complexity index is 530. The molecular formula is C24H43N3O2. The van der Waals surface area contributed by atoms with Crippen LogP contribution >= 0.6 is 0 Å². The molecule has 1 aliphatic rings. The average Bonchev–Trinajstić information content (AvgIpc) is 2.99. The summed E-state index contributed by atoms with van der Waals surface area (Å²) in [6.45, 7) is 5.92. The van der Waals surface area contributed by atoms with Crippen molar-refractivity contribution in [3.8, 4) is 11.5 Å². The number of benzene rings is 1. The highest BCUT2D eigenvalue weighted by Gasteiger charge is 2.27. The van der Waals surface area contributed by atoms with Crippen molar-refractivity contribution >= 4 is 0 Å². The van der Waals surface area contributed by atoms with Crippen LogP contribution in [0.5, 0.6) is 11.5 Å². The Balaban J connectivity index is 1.87. The molecule has 0 spiro atoms. The van der Waals surface area contributed by atoms with E-state index in [1.807, 2.05) is 12.1 Å². The minimum absolute atomic E-state index is 0.246. The van der Waals surface area contributed by atoms with E-state index >= 15 is 0 Å². The number of ether oxygens (including phenoxy) is 2.